The number of piperidine rings is 1. The summed E-state index contributed by atoms with van der Waals surface area (Å²) in [4.78, 5) is 8.32. The summed E-state index contributed by atoms with van der Waals surface area (Å²) in [5.41, 5.74) is 0.455. The van der Waals surface area contributed by atoms with Crippen molar-refractivity contribution in [1.82, 2.24) is 4.90 Å². The molecule has 5 nitrogen and oxygen atoms in total. The van der Waals surface area contributed by atoms with Crippen LogP contribution in [-0.4, -0.2) is 39.6 Å². The van der Waals surface area contributed by atoms with Crippen molar-refractivity contribution in [2.45, 2.75) is 30.6 Å². The highest BCUT2D eigenvalue weighted by molar-refractivity contribution is 9.10. The molecule has 1 fully saturated rings. The molecule has 8 heteroatoms. The van der Waals surface area contributed by atoms with Gasteiger partial charge >= 0.3 is 0 Å². The van der Waals surface area contributed by atoms with E-state index in [0.717, 1.165) is 35.0 Å². The van der Waals surface area contributed by atoms with Crippen LogP contribution in [0.15, 0.2) is 57.9 Å². The van der Waals surface area contributed by atoms with Crippen LogP contribution in [-0.2, 0) is 14.9 Å². The molecular weight excluding hydrogens is 464 g/mol. The van der Waals surface area contributed by atoms with Gasteiger partial charge in [-0.15, -0.1) is 4.47 Å². The third-order valence-electron chi connectivity index (χ3n) is 4.64. The largest absolute Gasteiger partial charge is 0.303 e. The maximum atomic E-state index is 13.2. The fourth-order valence-electron chi connectivity index (χ4n) is 3.17. The standard InChI is InChI=1S/C20H24BrClN2O3S/c21-17-5-9-19(10-6-17)24(27-16-4-15-23-13-2-1-3-14-23)28(25,26)20-11-7-18(22)8-12-20/h5-12H,1-4,13-16H2. The number of rotatable bonds is 8. The van der Waals surface area contributed by atoms with E-state index < -0.39 is 10.0 Å². The van der Waals surface area contributed by atoms with Crippen LogP contribution in [0.2, 0.25) is 5.02 Å². The van der Waals surface area contributed by atoms with Gasteiger partial charge in [-0.3, -0.25) is 4.84 Å². The Morgan fingerprint density at radius 2 is 1.64 bits per heavy atom. The van der Waals surface area contributed by atoms with Gasteiger partial charge in [-0.25, -0.2) is 0 Å². The smallest absolute Gasteiger partial charge is 0.286 e. The molecular formula is C20H24BrClN2O3S. The lowest BCUT2D eigenvalue weighted by Crippen LogP contribution is -2.34. The molecule has 0 aliphatic carbocycles. The number of nitrogens with zero attached hydrogens (tertiary/aromatic N) is 2. The Balaban J connectivity index is 1.73. The first kappa shape index (κ1) is 21.6. The minimum Gasteiger partial charge on any atom is -0.303 e. The van der Waals surface area contributed by atoms with E-state index in [9.17, 15) is 8.42 Å². The summed E-state index contributed by atoms with van der Waals surface area (Å²) >= 11 is 9.28. The van der Waals surface area contributed by atoms with Crippen molar-refractivity contribution in [1.29, 1.82) is 0 Å². The number of halogens is 2. The number of likely N-dealkylation sites (tertiary alicyclic amines) is 1. The second kappa shape index (κ2) is 10.1. The Morgan fingerprint density at radius 3 is 2.29 bits per heavy atom. The fraction of sp³-hybridized carbons (Fsp3) is 0.400. The molecule has 0 N–H and O–H groups in total. The van der Waals surface area contributed by atoms with Crippen molar-refractivity contribution < 1.29 is 13.3 Å². The summed E-state index contributed by atoms with van der Waals surface area (Å²) in [6, 6.07) is 13.1. The van der Waals surface area contributed by atoms with Crippen LogP contribution in [0.1, 0.15) is 25.7 Å². The Hall–Kier alpha value is -1.12. The molecule has 3 rings (SSSR count). The van der Waals surface area contributed by atoms with Gasteiger partial charge in [-0.05, 0) is 80.9 Å². The molecule has 2 aromatic carbocycles. The van der Waals surface area contributed by atoms with Gasteiger partial charge in [0.2, 0.25) is 0 Å². The average Bonchev–Trinajstić information content (AvgIpc) is 2.70. The average molecular weight is 488 g/mol. The maximum absolute atomic E-state index is 13.2. The number of hydrogen-bond donors (Lipinski definition) is 0. The van der Waals surface area contributed by atoms with E-state index in [-0.39, 0.29) is 4.90 Å². The van der Waals surface area contributed by atoms with Crippen molar-refractivity contribution in [2.75, 3.05) is 30.7 Å². The normalized spacial score (nSPS) is 15.5. The molecule has 2 aromatic rings. The van der Waals surface area contributed by atoms with Gasteiger partial charge in [0.1, 0.15) is 0 Å². The molecule has 0 spiro atoms. The SMILES string of the molecule is O=S(=O)(c1ccc(Cl)cc1)N(OCCCN1CCCCC1)c1ccc(Br)cc1. The molecule has 0 aromatic heterocycles. The van der Waals surface area contributed by atoms with Gasteiger partial charge in [-0.1, -0.05) is 34.0 Å². The van der Waals surface area contributed by atoms with Crippen LogP contribution < -0.4 is 4.47 Å². The van der Waals surface area contributed by atoms with Crippen LogP contribution in [0.3, 0.4) is 0 Å². The quantitative estimate of drug-likeness (QED) is 0.384. The van der Waals surface area contributed by atoms with Crippen molar-refractivity contribution >= 4 is 43.2 Å². The molecule has 0 radical (unpaired) electrons. The number of sulfonamides is 1. The maximum Gasteiger partial charge on any atom is 0.286 e. The van der Waals surface area contributed by atoms with Gasteiger partial charge < -0.3 is 4.90 Å². The van der Waals surface area contributed by atoms with E-state index in [1.807, 2.05) is 0 Å². The van der Waals surface area contributed by atoms with Crippen molar-refractivity contribution in [3.63, 3.8) is 0 Å². The molecule has 1 aliphatic heterocycles. The van der Waals surface area contributed by atoms with E-state index in [0.29, 0.717) is 17.3 Å². The summed E-state index contributed by atoms with van der Waals surface area (Å²) in [6.07, 6.45) is 4.53. The van der Waals surface area contributed by atoms with Gasteiger partial charge in [0, 0.05) is 16.0 Å². The van der Waals surface area contributed by atoms with E-state index >= 15 is 0 Å². The summed E-state index contributed by atoms with van der Waals surface area (Å²) in [5, 5.41) is 0.483. The Morgan fingerprint density at radius 1 is 1.00 bits per heavy atom. The lowest BCUT2D eigenvalue weighted by molar-refractivity contribution is 0.128. The Labute approximate surface area is 180 Å². The molecule has 0 unspecified atom stereocenters. The van der Waals surface area contributed by atoms with E-state index in [1.54, 1.807) is 36.4 Å². The minimum atomic E-state index is -3.87. The molecule has 28 heavy (non-hydrogen) atoms. The lowest BCUT2D eigenvalue weighted by Gasteiger charge is -2.27. The van der Waals surface area contributed by atoms with Crippen molar-refractivity contribution in [3.05, 3.63) is 58.0 Å². The van der Waals surface area contributed by atoms with Gasteiger partial charge in [-0.2, -0.15) is 8.42 Å². The predicted molar refractivity (Wildman–Crippen MR) is 116 cm³/mol. The van der Waals surface area contributed by atoms with E-state index in [2.05, 4.69) is 20.8 Å². The van der Waals surface area contributed by atoms with Gasteiger partial charge in [0.15, 0.2) is 0 Å². The highest BCUT2D eigenvalue weighted by Crippen LogP contribution is 2.26. The minimum absolute atomic E-state index is 0.135. The number of anilines is 1. The lowest BCUT2D eigenvalue weighted by atomic mass is 10.1. The van der Waals surface area contributed by atoms with Gasteiger partial charge in [0.05, 0.1) is 17.2 Å². The van der Waals surface area contributed by atoms with Crippen LogP contribution in [0.4, 0.5) is 5.69 Å². The van der Waals surface area contributed by atoms with Crippen molar-refractivity contribution in [2.24, 2.45) is 0 Å². The second-order valence-electron chi connectivity index (χ2n) is 6.75. The molecule has 1 aliphatic rings. The zero-order chi connectivity index (χ0) is 20.0. The van der Waals surface area contributed by atoms with Crippen LogP contribution in [0.25, 0.3) is 0 Å². The zero-order valence-corrected chi connectivity index (χ0v) is 18.7. The summed E-state index contributed by atoms with van der Waals surface area (Å²) in [7, 11) is -3.87. The first-order valence-electron chi connectivity index (χ1n) is 9.38. The van der Waals surface area contributed by atoms with Crippen molar-refractivity contribution in [3.8, 4) is 0 Å². The second-order valence-corrected chi connectivity index (χ2v) is 9.86. The predicted octanol–water partition coefficient (Wildman–Crippen LogP) is 5.11. The Kier molecular flexibility index (Phi) is 7.77. The monoisotopic (exact) mass is 486 g/mol. The molecule has 1 saturated heterocycles. The number of hydrogen-bond acceptors (Lipinski definition) is 4. The fourth-order valence-corrected chi connectivity index (χ4v) is 4.84. The highest BCUT2D eigenvalue weighted by atomic mass is 79.9. The molecule has 0 saturated carbocycles. The number of benzene rings is 2. The first-order valence-corrected chi connectivity index (χ1v) is 12.0. The van der Waals surface area contributed by atoms with Gasteiger partial charge in [0.25, 0.3) is 10.0 Å². The third kappa shape index (κ3) is 5.70. The summed E-state index contributed by atoms with van der Waals surface area (Å²) in [6.45, 7) is 3.45. The molecule has 152 valence electrons. The molecule has 1 heterocycles. The highest BCUT2D eigenvalue weighted by Gasteiger charge is 2.26. The van der Waals surface area contributed by atoms with Crippen LogP contribution in [0, 0.1) is 0 Å². The third-order valence-corrected chi connectivity index (χ3v) is 7.04. The summed E-state index contributed by atoms with van der Waals surface area (Å²) < 4.78 is 28.2. The van der Waals surface area contributed by atoms with E-state index in [1.165, 1.54) is 31.4 Å². The van der Waals surface area contributed by atoms with Crippen LogP contribution in [0.5, 0.6) is 0 Å². The van der Waals surface area contributed by atoms with Crippen LogP contribution >= 0.6 is 27.5 Å². The topological polar surface area (TPSA) is 49.9 Å². The first-order chi connectivity index (χ1) is 13.5. The molecule has 0 bridgehead atoms. The Bertz CT molecular complexity index is 854. The zero-order valence-electron chi connectivity index (χ0n) is 15.6. The summed E-state index contributed by atoms with van der Waals surface area (Å²) in [5.74, 6) is 0. The molecule has 0 amide bonds. The van der Waals surface area contributed by atoms with E-state index in [4.69, 9.17) is 16.4 Å². The molecule has 0 atom stereocenters.